The van der Waals surface area contributed by atoms with Crippen molar-refractivity contribution in [2.75, 3.05) is 5.32 Å². The second-order valence-corrected chi connectivity index (χ2v) is 7.45. The number of H-pyrrole nitrogens is 2. The van der Waals surface area contributed by atoms with Crippen LogP contribution in [0.15, 0.2) is 41.2 Å². The van der Waals surface area contributed by atoms with Gasteiger partial charge in [-0.25, -0.2) is 4.79 Å². The van der Waals surface area contributed by atoms with Crippen molar-refractivity contribution in [3.05, 3.63) is 63.6 Å². The van der Waals surface area contributed by atoms with Crippen LogP contribution in [0.3, 0.4) is 0 Å². The fourth-order valence-corrected chi connectivity index (χ4v) is 3.71. The Morgan fingerprint density at radius 1 is 1.03 bits per heavy atom. The van der Waals surface area contributed by atoms with Crippen LogP contribution >= 0.6 is 0 Å². The summed E-state index contributed by atoms with van der Waals surface area (Å²) in [6, 6.07) is 11.1. The second-order valence-electron chi connectivity index (χ2n) is 7.45. The molecule has 7 nitrogen and oxygen atoms in total. The lowest BCUT2D eigenvalue weighted by Crippen LogP contribution is -2.30. The molecule has 1 amide bonds. The van der Waals surface area contributed by atoms with Crippen molar-refractivity contribution >= 4 is 28.6 Å². The van der Waals surface area contributed by atoms with Gasteiger partial charge in [-0.1, -0.05) is 18.2 Å². The van der Waals surface area contributed by atoms with Crippen molar-refractivity contribution in [2.45, 2.75) is 45.1 Å². The van der Waals surface area contributed by atoms with E-state index in [4.69, 9.17) is 4.74 Å². The number of esters is 1. The molecule has 3 aromatic rings. The summed E-state index contributed by atoms with van der Waals surface area (Å²) < 4.78 is 5.31. The smallest absolute Gasteiger partial charge is 0.323 e. The molecule has 4 rings (SSSR count). The van der Waals surface area contributed by atoms with E-state index in [1.165, 1.54) is 30.9 Å². The minimum atomic E-state index is -0.930. The van der Waals surface area contributed by atoms with Gasteiger partial charge in [0, 0.05) is 5.69 Å². The molecule has 150 valence electrons. The van der Waals surface area contributed by atoms with Gasteiger partial charge in [0.2, 0.25) is 0 Å². The molecule has 0 saturated carbocycles. The van der Waals surface area contributed by atoms with Crippen LogP contribution in [0.4, 0.5) is 5.69 Å². The van der Waals surface area contributed by atoms with Gasteiger partial charge in [0.05, 0.1) is 17.5 Å². The number of carbonyl (C=O) groups excluding carboxylic acids is 2. The number of aromatic amines is 2. The number of aromatic nitrogens is 2. The summed E-state index contributed by atoms with van der Waals surface area (Å²) in [4.78, 5) is 41.2. The molecule has 0 unspecified atom stereocenters. The number of hydrogen-bond acceptors (Lipinski definition) is 4. The topological polar surface area (TPSA) is 104 Å². The molecule has 0 saturated heterocycles. The van der Waals surface area contributed by atoms with Gasteiger partial charge < -0.3 is 20.0 Å². The summed E-state index contributed by atoms with van der Waals surface area (Å²) >= 11 is 0. The van der Waals surface area contributed by atoms with E-state index >= 15 is 0 Å². The molecule has 1 aromatic heterocycles. The maximum absolute atomic E-state index is 12.4. The lowest BCUT2D eigenvalue weighted by Gasteiger charge is -2.17. The fraction of sp³-hybridized carbons (Fsp3) is 0.318. The molecule has 0 radical (unpaired) electrons. The second kappa shape index (κ2) is 7.95. The SMILES string of the molecule is C[C@H](OC(=O)Cc1ccc2c(c1)CCCC2)C(=O)Nc1ccc2[nH]c(=O)[nH]c2c1. The van der Waals surface area contributed by atoms with Crippen LogP contribution < -0.4 is 11.0 Å². The van der Waals surface area contributed by atoms with Crippen molar-refractivity contribution in [3.8, 4) is 0 Å². The number of aryl methyl sites for hydroxylation is 2. The molecular formula is C22H23N3O4. The van der Waals surface area contributed by atoms with Gasteiger partial charge >= 0.3 is 11.7 Å². The average Bonchev–Trinajstić information content (AvgIpc) is 3.07. The van der Waals surface area contributed by atoms with Gasteiger partial charge in [-0.05, 0) is 67.5 Å². The average molecular weight is 393 g/mol. The van der Waals surface area contributed by atoms with E-state index in [-0.39, 0.29) is 12.1 Å². The zero-order valence-corrected chi connectivity index (χ0v) is 16.2. The Balaban J connectivity index is 1.35. The molecule has 0 spiro atoms. The zero-order chi connectivity index (χ0) is 20.4. The third-order valence-corrected chi connectivity index (χ3v) is 5.22. The first-order chi connectivity index (χ1) is 14.0. The van der Waals surface area contributed by atoms with E-state index in [2.05, 4.69) is 27.4 Å². The molecule has 1 heterocycles. The minimum absolute atomic E-state index is 0.140. The number of fused-ring (bicyclic) bond motifs is 2. The molecule has 1 atom stereocenters. The van der Waals surface area contributed by atoms with E-state index < -0.39 is 18.0 Å². The largest absolute Gasteiger partial charge is 0.452 e. The Morgan fingerprint density at radius 3 is 2.62 bits per heavy atom. The summed E-state index contributed by atoms with van der Waals surface area (Å²) in [5.41, 5.74) is 5.02. The van der Waals surface area contributed by atoms with E-state index in [1.807, 2.05) is 6.07 Å². The highest BCUT2D eigenvalue weighted by Gasteiger charge is 2.19. The van der Waals surface area contributed by atoms with Gasteiger partial charge in [0.1, 0.15) is 0 Å². The van der Waals surface area contributed by atoms with Gasteiger partial charge in [0.25, 0.3) is 5.91 Å². The summed E-state index contributed by atoms with van der Waals surface area (Å²) in [5, 5.41) is 2.70. The van der Waals surface area contributed by atoms with Gasteiger partial charge in [-0.15, -0.1) is 0 Å². The first kappa shape index (κ1) is 19.0. The number of nitrogens with one attached hydrogen (secondary N) is 3. The Morgan fingerprint density at radius 2 is 1.79 bits per heavy atom. The van der Waals surface area contributed by atoms with Crippen LogP contribution in [0.1, 0.15) is 36.5 Å². The van der Waals surface area contributed by atoms with Gasteiger partial charge in [0.15, 0.2) is 6.10 Å². The first-order valence-corrected chi connectivity index (χ1v) is 9.81. The van der Waals surface area contributed by atoms with Gasteiger partial charge in [-0.3, -0.25) is 9.59 Å². The Hall–Kier alpha value is -3.35. The maximum atomic E-state index is 12.4. The molecule has 1 aliphatic carbocycles. The highest BCUT2D eigenvalue weighted by Crippen LogP contribution is 2.22. The molecule has 2 aromatic carbocycles. The van der Waals surface area contributed by atoms with Crippen molar-refractivity contribution < 1.29 is 14.3 Å². The van der Waals surface area contributed by atoms with Crippen LogP contribution in [0.25, 0.3) is 11.0 Å². The standard InChI is InChI=1S/C22H23N3O4/c1-13(21(27)23-17-8-9-18-19(12-17)25-22(28)24-18)29-20(26)11-14-6-7-15-4-2-3-5-16(15)10-14/h6-10,12-13H,2-5,11H2,1H3,(H,23,27)(H2,24,25,28)/t13-/m0/s1. The number of amides is 1. The van der Waals surface area contributed by atoms with E-state index in [0.717, 1.165) is 18.4 Å². The molecule has 7 heteroatoms. The number of imidazole rings is 1. The zero-order valence-electron chi connectivity index (χ0n) is 16.2. The Bertz CT molecular complexity index is 1130. The highest BCUT2D eigenvalue weighted by molar-refractivity contribution is 5.96. The summed E-state index contributed by atoms with van der Waals surface area (Å²) in [6.45, 7) is 1.54. The molecular weight excluding hydrogens is 370 g/mol. The number of carbonyl (C=O) groups is 2. The molecule has 0 bridgehead atoms. The van der Waals surface area contributed by atoms with E-state index in [9.17, 15) is 14.4 Å². The number of hydrogen-bond donors (Lipinski definition) is 3. The van der Waals surface area contributed by atoms with E-state index in [0.29, 0.717) is 16.7 Å². The molecule has 29 heavy (non-hydrogen) atoms. The third kappa shape index (κ3) is 4.39. The molecule has 0 fully saturated rings. The monoisotopic (exact) mass is 393 g/mol. The molecule has 1 aliphatic rings. The van der Waals surface area contributed by atoms with Crippen LogP contribution in [0, 0.1) is 0 Å². The Kier molecular flexibility index (Phi) is 5.20. The van der Waals surface area contributed by atoms with Crippen LogP contribution in [0.2, 0.25) is 0 Å². The van der Waals surface area contributed by atoms with Crippen molar-refractivity contribution in [2.24, 2.45) is 0 Å². The summed E-state index contributed by atoms with van der Waals surface area (Å²) in [6.07, 6.45) is 3.75. The van der Waals surface area contributed by atoms with E-state index in [1.54, 1.807) is 18.2 Å². The Labute approximate surface area is 167 Å². The van der Waals surface area contributed by atoms with Crippen LogP contribution in [-0.4, -0.2) is 27.9 Å². The molecule has 3 N–H and O–H groups in total. The molecule has 0 aliphatic heterocycles. The number of anilines is 1. The number of benzene rings is 2. The number of rotatable bonds is 5. The predicted octanol–water partition coefficient (Wildman–Crippen LogP) is 2.85. The van der Waals surface area contributed by atoms with Crippen molar-refractivity contribution in [1.82, 2.24) is 9.97 Å². The maximum Gasteiger partial charge on any atom is 0.323 e. The lowest BCUT2D eigenvalue weighted by atomic mass is 9.90. The minimum Gasteiger partial charge on any atom is -0.452 e. The predicted molar refractivity (Wildman–Crippen MR) is 110 cm³/mol. The summed E-state index contributed by atoms with van der Waals surface area (Å²) in [5.74, 6) is -0.866. The van der Waals surface area contributed by atoms with Gasteiger partial charge in [-0.2, -0.15) is 0 Å². The van der Waals surface area contributed by atoms with Crippen LogP contribution in [-0.2, 0) is 33.6 Å². The highest BCUT2D eigenvalue weighted by atomic mass is 16.5. The fourth-order valence-electron chi connectivity index (χ4n) is 3.71. The third-order valence-electron chi connectivity index (χ3n) is 5.22. The quantitative estimate of drug-likeness (QED) is 0.580. The van der Waals surface area contributed by atoms with Crippen LogP contribution in [0.5, 0.6) is 0 Å². The van der Waals surface area contributed by atoms with Crippen molar-refractivity contribution in [3.63, 3.8) is 0 Å². The summed E-state index contributed by atoms with van der Waals surface area (Å²) in [7, 11) is 0. The first-order valence-electron chi connectivity index (χ1n) is 9.81. The normalized spacial score (nSPS) is 14.2. The lowest BCUT2D eigenvalue weighted by molar-refractivity contribution is -0.152. The van der Waals surface area contributed by atoms with Crippen molar-refractivity contribution in [1.29, 1.82) is 0 Å². The number of ether oxygens (including phenoxy) is 1.